The Morgan fingerprint density at radius 2 is 0.957 bits per heavy atom. The molecule has 0 saturated heterocycles. The predicted molar refractivity (Wildman–Crippen MR) is 301 cm³/mol. The van der Waals surface area contributed by atoms with Crippen molar-refractivity contribution in [2.45, 2.75) is 162 Å². The maximum Gasteiger partial charge on any atom is 0.137 e. The van der Waals surface area contributed by atoms with E-state index >= 15 is 0 Å². The van der Waals surface area contributed by atoms with Crippen LogP contribution in [0.2, 0.25) is 0 Å². The van der Waals surface area contributed by atoms with E-state index in [1.165, 1.54) is 79.7 Å². The maximum atomic E-state index is 6.85. The predicted octanol–water partition coefficient (Wildman–Crippen LogP) is 19.8. The van der Waals surface area contributed by atoms with Gasteiger partial charge >= 0.3 is 0 Å². The Morgan fingerprint density at radius 1 is 0.429 bits per heavy atom. The van der Waals surface area contributed by atoms with Crippen LogP contribution >= 0.6 is 0 Å². The molecule has 3 nitrogen and oxygen atoms in total. The van der Waals surface area contributed by atoms with Gasteiger partial charge in [0.05, 0.1) is 5.69 Å². The Morgan fingerprint density at radius 3 is 1.51 bits per heavy atom. The molecule has 2 aliphatic rings. The topological polar surface area (TPSA) is 19.6 Å². The Bertz CT molecular complexity index is 3230. The molecule has 3 heteroatoms. The second-order valence-electron chi connectivity index (χ2n) is 25.8. The van der Waals surface area contributed by atoms with Crippen LogP contribution < -0.4 is 9.80 Å². The molecule has 70 heavy (non-hydrogen) atoms. The van der Waals surface area contributed by atoms with E-state index in [1.54, 1.807) is 0 Å². The molecule has 10 rings (SSSR count). The van der Waals surface area contributed by atoms with E-state index in [9.17, 15) is 0 Å². The number of fused-ring (bicyclic) bond motifs is 5. The molecule has 8 aromatic rings. The third-order valence-corrected chi connectivity index (χ3v) is 16.5. The summed E-state index contributed by atoms with van der Waals surface area (Å²) in [5.41, 5.74) is 20.8. The van der Waals surface area contributed by atoms with Gasteiger partial charge in [-0.3, -0.25) is 0 Å². The van der Waals surface area contributed by atoms with Crippen LogP contribution in [-0.4, -0.2) is 0 Å². The van der Waals surface area contributed by atoms with Crippen LogP contribution in [-0.2, 0) is 32.5 Å². The van der Waals surface area contributed by atoms with Crippen LogP contribution in [0.4, 0.5) is 34.1 Å². The Kier molecular flexibility index (Phi) is 11.2. The van der Waals surface area contributed by atoms with E-state index in [2.05, 4.69) is 253 Å². The van der Waals surface area contributed by atoms with Crippen molar-refractivity contribution >= 4 is 56.1 Å². The number of aryl methyl sites for hydroxylation is 1. The molecule has 0 radical (unpaired) electrons. The maximum absolute atomic E-state index is 6.85. The molecule has 0 N–H and O–H groups in total. The Balaban J connectivity index is 1.25. The van der Waals surface area contributed by atoms with Crippen molar-refractivity contribution < 1.29 is 4.42 Å². The fraction of sp³-hybridized carbons (Fsp3) is 0.373. The number of rotatable bonds is 7. The molecule has 0 spiro atoms. The first kappa shape index (κ1) is 47.6. The highest BCUT2D eigenvalue weighted by Crippen LogP contribution is 2.52. The number of hydrogen-bond acceptors (Lipinski definition) is 3. The zero-order valence-electron chi connectivity index (χ0n) is 44.9. The molecule has 7 aromatic carbocycles. The molecule has 0 amide bonds. The summed E-state index contributed by atoms with van der Waals surface area (Å²) in [6.07, 6.45) is 4.68. The van der Waals surface area contributed by atoms with Crippen LogP contribution in [0.15, 0.2) is 144 Å². The van der Waals surface area contributed by atoms with Crippen molar-refractivity contribution in [3.05, 3.63) is 178 Å². The number of benzene rings is 7. The average molecular weight is 925 g/mol. The average Bonchev–Trinajstić information content (AvgIpc) is 3.67. The normalized spacial score (nSPS) is 17.0. The van der Waals surface area contributed by atoms with Crippen molar-refractivity contribution in [2.24, 2.45) is 0 Å². The van der Waals surface area contributed by atoms with Crippen molar-refractivity contribution in [3.8, 4) is 11.1 Å². The van der Waals surface area contributed by atoms with Crippen molar-refractivity contribution in [2.75, 3.05) is 9.80 Å². The van der Waals surface area contributed by atoms with Crippen LogP contribution in [0, 0.1) is 6.92 Å². The summed E-state index contributed by atoms with van der Waals surface area (Å²) in [5, 5.41) is 2.34. The summed E-state index contributed by atoms with van der Waals surface area (Å²) in [7, 11) is 0. The second kappa shape index (κ2) is 16.5. The quantitative estimate of drug-likeness (QED) is 0.159. The minimum atomic E-state index is -0.0434. The summed E-state index contributed by atoms with van der Waals surface area (Å²) in [6, 6.07) is 53.4. The van der Waals surface area contributed by atoms with Gasteiger partial charge in [0.25, 0.3) is 0 Å². The van der Waals surface area contributed by atoms with Gasteiger partial charge in [0.1, 0.15) is 11.2 Å². The lowest BCUT2D eigenvalue weighted by molar-refractivity contribution is 0.332. The molecule has 1 aromatic heterocycles. The third-order valence-electron chi connectivity index (χ3n) is 16.5. The van der Waals surface area contributed by atoms with Gasteiger partial charge in [-0.2, -0.15) is 0 Å². The molecule has 1 heterocycles. The number of nitrogens with zero attached hydrogens (tertiary/aromatic N) is 2. The lowest BCUT2D eigenvalue weighted by Gasteiger charge is -2.43. The van der Waals surface area contributed by atoms with Gasteiger partial charge in [-0.15, -0.1) is 0 Å². The van der Waals surface area contributed by atoms with E-state index < -0.39 is 0 Å². The fourth-order valence-corrected chi connectivity index (χ4v) is 11.9. The van der Waals surface area contributed by atoms with Crippen LogP contribution in [0.25, 0.3) is 33.1 Å². The highest BCUT2D eigenvalue weighted by atomic mass is 16.3. The van der Waals surface area contributed by atoms with Crippen LogP contribution in [0.1, 0.15) is 162 Å². The van der Waals surface area contributed by atoms with E-state index in [0.29, 0.717) is 0 Å². The number of hydrogen-bond donors (Lipinski definition) is 0. The zero-order chi connectivity index (χ0) is 49.9. The van der Waals surface area contributed by atoms with Gasteiger partial charge < -0.3 is 14.2 Å². The lowest BCUT2D eigenvalue weighted by atomic mass is 9.63. The van der Waals surface area contributed by atoms with Gasteiger partial charge in [0.2, 0.25) is 0 Å². The van der Waals surface area contributed by atoms with Crippen LogP contribution in [0.3, 0.4) is 0 Å². The molecule has 0 aliphatic heterocycles. The molecule has 0 fully saturated rings. The van der Waals surface area contributed by atoms with Gasteiger partial charge in [-0.1, -0.05) is 158 Å². The molecule has 0 bridgehead atoms. The number of furan rings is 1. The molecule has 0 atom stereocenters. The van der Waals surface area contributed by atoms with Gasteiger partial charge in [0, 0.05) is 50.8 Å². The summed E-state index contributed by atoms with van der Waals surface area (Å²) < 4.78 is 6.85. The van der Waals surface area contributed by atoms with E-state index in [1.807, 2.05) is 0 Å². The zero-order valence-corrected chi connectivity index (χ0v) is 44.9. The monoisotopic (exact) mass is 925 g/mol. The van der Waals surface area contributed by atoms with E-state index in [0.717, 1.165) is 52.1 Å². The summed E-state index contributed by atoms with van der Waals surface area (Å²) in [4.78, 5) is 5.04. The largest absolute Gasteiger partial charge is 0.456 e. The lowest BCUT2D eigenvalue weighted by Crippen LogP contribution is -2.34. The molecule has 360 valence electrons. The smallest absolute Gasteiger partial charge is 0.137 e. The highest BCUT2D eigenvalue weighted by Gasteiger charge is 2.40. The minimum absolute atomic E-state index is 0.0425. The van der Waals surface area contributed by atoms with Crippen molar-refractivity contribution in [1.82, 2.24) is 0 Å². The van der Waals surface area contributed by atoms with Gasteiger partial charge in [0.15, 0.2) is 0 Å². The van der Waals surface area contributed by atoms with Crippen LogP contribution in [0.5, 0.6) is 0 Å². The second-order valence-corrected chi connectivity index (χ2v) is 25.8. The molecule has 0 unspecified atom stereocenters. The summed E-state index contributed by atoms with van der Waals surface area (Å²) >= 11 is 0. The highest BCUT2D eigenvalue weighted by molar-refractivity contribution is 6.08. The van der Waals surface area contributed by atoms with Gasteiger partial charge in [-0.25, -0.2) is 0 Å². The first-order chi connectivity index (χ1) is 32.8. The molecular weight excluding hydrogens is 849 g/mol. The summed E-state index contributed by atoms with van der Waals surface area (Å²) in [6.45, 7) is 35.5. The third kappa shape index (κ3) is 8.35. The van der Waals surface area contributed by atoms with Crippen molar-refractivity contribution in [1.29, 1.82) is 0 Å². The standard InChI is InChI=1S/C67H76N2O/c1-43-36-49(68(46-26-29-53-56(40-46)66(12,13)34-32-64(53,8)9)47-27-30-54-57(41-47)67(14,15)35-33-65(54,10)11)39-50(37-43)69(58-31-24-45(62(2,3)4)38-52(58)44-20-17-16-18-21-44)48-25-28-51-60(42-48)70-59-23-19-22-55(61(51)59)63(5,6)7/h16-31,36-42H,32-35H2,1-15H3. The number of anilines is 6. The summed E-state index contributed by atoms with van der Waals surface area (Å²) in [5.74, 6) is 0. The van der Waals surface area contributed by atoms with Gasteiger partial charge in [-0.05, 0) is 182 Å². The first-order valence-electron chi connectivity index (χ1n) is 26.0. The molecular formula is C67H76N2O. The SMILES string of the molecule is Cc1cc(N(c2ccc3c(c2)C(C)(C)CCC3(C)C)c2ccc3c(c2)C(C)(C)CCC3(C)C)cc(N(c2ccc3c(c2)oc2cccc(C(C)(C)C)c23)c2ccc(C(C)(C)C)cc2-c2ccccc2)c1. The fourth-order valence-electron chi connectivity index (χ4n) is 11.9. The molecule has 0 saturated carbocycles. The molecule has 2 aliphatic carbocycles. The van der Waals surface area contributed by atoms with Crippen molar-refractivity contribution in [3.63, 3.8) is 0 Å². The Hall–Kier alpha value is -6.06. The first-order valence-corrected chi connectivity index (χ1v) is 26.0. The van der Waals surface area contributed by atoms with E-state index in [4.69, 9.17) is 4.42 Å². The van der Waals surface area contributed by atoms with E-state index in [-0.39, 0.29) is 32.5 Å². The minimum Gasteiger partial charge on any atom is -0.456 e. The Labute approximate surface area is 420 Å².